The fraction of sp³-hybridized carbons (Fsp3) is 0.500. The molecule has 176 valence electrons. The third-order valence-electron chi connectivity index (χ3n) is 6.40. The number of nitrogens with zero attached hydrogens (tertiary/aromatic N) is 3. The lowest BCUT2D eigenvalue weighted by Gasteiger charge is -2.25. The largest absolute Gasteiger partial charge is 0.396 e. The highest BCUT2D eigenvalue weighted by Crippen LogP contribution is 2.40. The summed E-state index contributed by atoms with van der Waals surface area (Å²) in [5, 5.41) is 41.3. The van der Waals surface area contributed by atoms with Crippen LogP contribution in [0, 0.1) is 5.92 Å². The molecule has 2 aromatic heterocycles. The van der Waals surface area contributed by atoms with Crippen LogP contribution in [0.5, 0.6) is 0 Å². The van der Waals surface area contributed by atoms with Gasteiger partial charge < -0.3 is 31.3 Å². The van der Waals surface area contributed by atoms with E-state index >= 15 is 0 Å². The van der Waals surface area contributed by atoms with Crippen molar-refractivity contribution in [2.75, 3.05) is 30.3 Å². The van der Waals surface area contributed by atoms with Gasteiger partial charge in [-0.2, -0.15) is 4.98 Å². The van der Waals surface area contributed by atoms with Gasteiger partial charge in [0, 0.05) is 18.6 Å². The average molecular weight is 491 g/mol. The van der Waals surface area contributed by atoms with Crippen molar-refractivity contribution in [2.45, 2.75) is 43.6 Å². The maximum Gasteiger partial charge on any atom is 0.226 e. The first-order valence-electron chi connectivity index (χ1n) is 11.2. The molecular formula is C22H27ClN6O3S. The molecule has 0 bridgehead atoms. The first-order chi connectivity index (χ1) is 16.0. The zero-order valence-electron chi connectivity index (χ0n) is 17.9. The molecule has 2 fully saturated rings. The molecule has 3 heterocycles. The van der Waals surface area contributed by atoms with Gasteiger partial charge in [0.1, 0.15) is 22.1 Å². The number of benzene rings is 1. The maximum atomic E-state index is 10.6. The number of hydrogen-bond donors (Lipinski definition) is 6. The molecule has 0 spiro atoms. The Labute approximate surface area is 200 Å². The smallest absolute Gasteiger partial charge is 0.226 e. The van der Waals surface area contributed by atoms with Crippen LogP contribution in [0.15, 0.2) is 24.3 Å². The SMILES string of the molecule is OCC1CC(Nc2nc(NC3CCNCC3)nc(Cl)c2-c2nc3ccccc3s2)C(O)C1O. The highest BCUT2D eigenvalue weighted by molar-refractivity contribution is 7.21. The number of nitrogens with one attached hydrogen (secondary N) is 3. The van der Waals surface area contributed by atoms with E-state index in [2.05, 4.69) is 20.9 Å². The van der Waals surface area contributed by atoms with Crippen LogP contribution in [0.3, 0.4) is 0 Å². The number of para-hydroxylation sites is 1. The lowest BCUT2D eigenvalue weighted by Crippen LogP contribution is -2.36. The van der Waals surface area contributed by atoms with E-state index in [1.165, 1.54) is 11.3 Å². The Bertz CT molecular complexity index is 1090. The van der Waals surface area contributed by atoms with Crippen molar-refractivity contribution < 1.29 is 15.3 Å². The van der Waals surface area contributed by atoms with Crippen molar-refractivity contribution in [2.24, 2.45) is 5.92 Å². The lowest BCUT2D eigenvalue weighted by molar-refractivity contribution is 0.00446. The van der Waals surface area contributed by atoms with Gasteiger partial charge in [0.15, 0.2) is 0 Å². The van der Waals surface area contributed by atoms with Crippen LogP contribution in [0.25, 0.3) is 20.8 Å². The summed E-state index contributed by atoms with van der Waals surface area (Å²) < 4.78 is 1.02. The molecule has 1 saturated heterocycles. The second-order valence-corrected chi connectivity index (χ2v) is 10.0. The van der Waals surface area contributed by atoms with Crippen LogP contribution >= 0.6 is 22.9 Å². The van der Waals surface area contributed by atoms with Crippen LogP contribution in [0.4, 0.5) is 11.8 Å². The summed E-state index contributed by atoms with van der Waals surface area (Å²) in [6.07, 6.45) is 0.254. The molecule has 1 aromatic carbocycles. The topological polar surface area (TPSA) is 135 Å². The molecular weight excluding hydrogens is 464 g/mol. The van der Waals surface area contributed by atoms with E-state index in [0.29, 0.717) is 28.8 Å². The molecule has 0 amide bonds. The molecule has 3 aromatic rings. The van der Waals surface area contributed by atoms with E-state index < -0.39 is 24.2 Å². The number of thiazole rings is 1. The number of aliphatic hydroxyl groups is 3. The molecule has 33 heavy (non-hydrogen) atoms. The minimum absolute atomic E-state index is 0.200. The summed E-state index contributed by atoms with van der Waals surface area (Å²) in [4.78, 5) is 14.0. The van der Waals surface area contributed by atoms with Gasteiger partial charge in [0.2, 0.25) is 5.95 Å². The standard InChI is InChI=1S/C22H27ClN6O3S/c23-19-16(21-27-13-3-1-2-4-15(13)33-21)20(26-14-9-11(10-30)17(31)18(14)32)29-22(28-19)25-12-5-7-24-8-6-12/h1-4,11-12,14,17-18,24,30-32H,5-10H2,(H2,25,26,28,29). The van der Waals surface area contributed by atoms with Crippen molar-refractivity contribution in [3.63, 3.8) is 0 Å². The molecule has 5 rings (SSSR count). The number of halogens is 1. The van der Waals surface area contributed by atoms with E-state index in [1.54, 1.807) is 0 Å². The van der Waals surface area contributed by atoms with Gasteiger partial charge in [-0.05, 0) is 44.5 Å². The van der Waals surface area contributed by atoms with Crippen molar-refractivity contribution in [3.8, 4) is 10.6 Å². The summed E-state index contributed by atoms with van der Waals surface area (Å²) in [7, 11) is 0. The molecule has 6 N–H and O–H groups in total. The normalized spacial score (nSPS) is 26.1. The van der Waals surface area contributed by atoms with Crippen LogP contribution in [-0.4, -0.2) is 74.3 Å². The van der Waals surface area contributed by atoms with E-state index in [9.17, 15) is 15.3 Å². The average Bonchev–Trinajstić information content (AvgIpc) is 3.35. The fourth-order valence-corrected chi connectivity index (χ4v) is 5.87. The summed E-state index contributed by atoms with van der Waals surface area (Å²) >= 11 is 8.18. The fourth-order valence-electron chi connectivity index (χ4n) is 4.54. The second kappa shape index (κ2) is 9.65. The molecule has 9 nitrogen and oxygen atoms in total. The summed E-state index contributed by atoms with van der Waals surface area (Å²) in [5.41, 5.74) is 1.41. The number of piperidine rings is 1. The third-order valence-corrected chi connectivity index (χ3v) is 7.73. The predicted molar refractivity (Wildman–Crippen MR) is 130 cm³/mol. The number of fused-ring (bicyclic) bond motifs is 1. The molecule has 1 aliphatic carbocycles. The minimum atomic E-state index is -1.04. The summed E-state index contributed by atoms with van der Waals surface area (Å²) in [6.45, 7) is 1.65. The molecule has 1 saturated carbocycles. The zero-order chi connectivity index (χ0) is 22.9. The van der Waals surface area contributed by atoms with Gasteiger partial charge >= 0.3 is 0 Å². The Morgan fingerprint density at radius 3 is 2.58 bits per heavy atom. The van der Waals surface area contributed by atoms with E-state index in [-0.39, 0.29) is 17.8 Å². The van der Waals surface area contributed by atoms with Crippen LogP contribution < -0.4 is 16.0 Å². The van der Waals surface area contributed by atoms with Gasteiger partial charge in [-0.25, -0.2) is 9.97 Å². The number of anilines is 2. The van der Waals surface area contributed by atoms with Crippen molar-refractivity contribution in [1.82, 2.24) is 20.3 Å². The number of hydrogen-bond acceptors (Lipinski definition) is 10. The Hall–Kier alpha value is -2.08. The Morgan fingerprint density at radius 2 is 1.85 bits per heavy atom. The summed E-state index contributed by atoms with van der Waals surface area (Å²) in [5.74, 6) is 0.444. The Balaban J connectivity index is 1.52. The summed E-state index contributed by atoms with van der Waals surface area (Å²) in [6, 6.07) is 7.56. The molecule has 4 unspecified atom stereocenters. The van der Waals surface area contributed by atoms with Gasteiger partial charge in [-0.3, -0.25) is 0 Å². The molecule has 1 aliphatic heterocycles. The molecule has 0 radical (unpaired) electrons. The molecule has 2 aliphatic rings. The maximum absolute atomic E-state index is 10.6. The number of aliphatic hydroxyl groups excluding tert-OH is 3. The predicted octanol–water partition coefficient (Wildman–Crippen LogP) is 2.09. The van der Waals surface area contributed by atoms with Gasteiger partial charge in [0.05, 0.1) is 27.9 Å². The molecule has 11 heteroatoms. The minimum Gasteiger partial charge on any atom is -0.396 e. The number of rotatable bonds is 6. The monoisotopic (exact) mass is 490 g/mol. The van der Waals surface area contributed by atoms with E-state index in [0.717, 1.165) is 36.1 Å². The van der Waals surface area contributed by atoms with Crippen LogP contribution in [0.1, 0.15) is 19.3 Å². The second-order valence-electron chi connectivity index (χ2n) is 8.63. The van der Waals surface area contributed by atoms with Crippen LogP contribution in [-0.2, 0) is 0 Å². The quantitative estimate of drug-likeness (QED) is 0.287. The van der Waals surface area contributed by atoms with E-state index in [1.807, 2.05) is 24.3 Å². The number of aromatic nitrogens is 3. The zero-order valence-corrected chi connectivity index (χ0v) is 19.5. The highest BCUT2D eigenvalue weighted by atomic mass is 35.5. The Morgan fingerprint density at radius 1 is 1.06 bits per heavy atom. The first kappa shape index (κ1) is 22.7. The molecule has 4 atom stereocenters. The highest BCUT2D eigenvalue weighted by Gasteiger charge is 2.41. The van der Waals surface area contributed by atoms with E-state index in [4.69, 9.17) is 21.6 Å². The van der Waals surface area contributed by atoms with Gasteiger partial charge in [-0.1, -0.05) is 23.7 Å². The van der Waals surface area contributed by atoms with Crippen molar-refractivity contribution in [3.05, 3.63) is 29.4 Å². The van der Waals surface area contributed by atoms with Crippen molar-refractivity contribution in [1.29, 1.82) is 0 Å². The van der Waals surface area contributed by atoms with Crippen LogP contribution in [0.2, 0.25) is 5.15 Å². The van der Waals surface area contributed by atoms with Gasteiger partial charge in [0.25, 0.3) is 0 Å². The van der Waals surface area contributed by atoms with Crippen molar-refractivity contribution >= 4 is 44.9 Å². The first-order valence-corrected chi connectivity index (χ1v) is 12.4. The third kappa shape index (κ3) is 4.64. The Kier molecular flexibility index (Phi) is 6.64. The lowest BCUT2D eigenvalue weighted by atomic mass is 10.1. The van der Waals surface area contributed by atoms with Gasteiger partial charge in [-0.15, -0.1) is 11.3 Å².